The lowest BCUT2D eigenvalue weighted by Crippen LogP contribution is -2.07. The molecular formula is C12H11NO5S. The van der Waals surface area contributed by atoms with Crippen molar-refractivity contribution in [2.24, 2.45) is 4.40 Å². The van der Waals surface area contributed by atoms with E-state index in [0.717, 1.165) is 11.6 Å². The van der Waals surface area contributed by atoms with Crippen molar-refractivity contribution in [2.75, 3.05) is 6.61 Å². The Bertz CT molecular complexity index is 671. The largest absolute Gasteiger partial charge is 0.488 e. The van der Waals surface area contributed by atoms with Crippen LogP contribution in [0, 0.1) is 6.92 Å². The standard InChI is InChI=1S/C12H11NO5S/c1-8-2-4-9(5-3-8)18-7-10-6-11(12(14)15)13-19(10,16)17/h2-6H,7H2,1H3,(H,14,15). The van der Waals surface area contributed by atoms with Gasteiger partial charge in [-0.15, -0.1) is 0 Å². The van der Waals surface area contributed by atoms with Gasteiger partial charge < -0.3 is 9.84 Å². The van der Waals surface area contributed by atoms with Gasteiger partial charge in [0.15, 0.2) is 5.71 Å². The van der Waals surface area contributed by atoms with Crippen LogP contribution in [0.15, 0.2) is 39.6 Å². The van der Waals surface area contributed by atoms with E-state index in [4.69, 9.17) is 9.84 Å². The predicted octanol–water partition coefficient (Wildman–Crippen LogP) is 1.13. The van der Waals surface area contributed by atoms with Crippen LogP contribution in [-0.2, 0) is 14.8 Å². The summed E-state index contributed by atoms with van der Waals surface area (Å²) in [5.74, 6) is -0.876. The van der Waals surface area contributed by atoms with E-state index in [2.05, 4.69) is 4.40 Å². The summed E-state index contributed by atoms with van der Waals surface area (Å²) in [6.07, 6.45) is 1.01. The third-order valence-corrected chi connectivity index (χ3v) is 3.80. The van der Waals surface area contributed by atoms with E-state index in [9.17, 15) is 13.2 Å². The number of sulfonamides is 1. The van der Waals surface area contributed by atoms with Crippen LogP contribution in [0.1, 0.15) is 5.56 Å². The first-order valence-electron chi connectivity index (χ1n) is 5.37. The normalized spacial score (nSPS) is 16.7. The van der Waals surface area contributed by atoms with Crippen LogP contribution in [0.3, 0.4) is 0 Å². The average molecular weight is 281 g/mol. The molecule has 100 valence electrons. The number of ether oxygens (including phenoxy) is 1. The highest BCUT2D eigenvalue weighted by atomic mass is 32.2. The second-order valence-corrected chi connectivity index (χ2v) is 5.63. The van der Waals surface area contributed by atoms with Gasteiger partial charge in [-0.05, 0) is 25.1 Å². The van der Waals surface area contributed by atoms with E-state index in [1.807, 2.05) is 19.1 Å². The number of rotatable bonds is 4. The minimum Gasteiger partial charge on any atom is -0.488 e. The summed E-state index contributed by atoms with van der Waals surface area (Å²) in [5.41, 5.74) is 0.555. The zero-order chi connectivity index (χ0) is 14.0. The van der Waals surface area contributed by atoms with Crippen LogP contribution in [0.4, 0.5) is 0 Å². The van der Waals surface area contributed by atoms with Crippen molar-refractivity contribution in [2.45, 2.75) is 6.92 Å². The lowest BCUT2D eigenvalue weighted by Gasteiger charge is -2.06. The Morgan fingerprint density at radius 2 is 1.95 bits per heavy atom. The van der Waals surface area contributed by atoms with Crippen molar-refractivity contribution in [3.63, 3.8) is 0 Å². The summed E-state index contributed by atoms with van der Waals surface area (Å²) in [7, 11) is -3.92. The van der Waals surface area contributed by atoms with Gasteiger partial charge in [-0.25, -0.2) is 4.79 Å². The molecule has 0 atom stereocenters. The lowest BCUT2D eigenvalue weighted by molar-refractivity contribution is -0.129. The molecule has 6 nitrogen and oxygen atoms in total. The smallest absolute Gasteiger partial charge is 0.355 e. The number of carboxylic acids is 1. The average Bonchev–Trinajstić information content (AvgIpc) is 2.64. The molecule has 1 heterocycles. The zero-order valence-electron chi connectivity index (χ0n) is 10.0. The second kappa shape index (κ2) is 4.85. The molecule has 0 bridgehead atoms. The molecular weight excluding hydrogens is 270 g/mol. The maximum atomic E-state index is 11.6. The summed E-state index contributed by atoms with van der Waals surface area (Å²) < 4.78 is 31.5. The molecule has 0 radical (unpaired) electrons. The van der Waals surface area contributed by atoms with Gasteiger partial charge >= 0.3 is 5.97 Å². The van der Waals surface area contributed by atoms with E-state index in [-0.39, 0.29) is 11.5 Å². The Kier molecular flexibility index (Phi) is 3.39. The fourth-order valence-electron chi connectivity index (χ4n) is 1.45. The van der Waals surface area contributed by atoms with E-state index in [1.54, 1.807) is 12.1 Å². The molecule has 2 rings (SSSR count). The third kappa shape index (κ3) is 3.00. The van der Waals surface area contributed by atoms with Gasteiger partial charge in [0, 0.05) is 0 Å². The summed E-state index contributed by atoms with van der Waals surface area (Å²) in [6.45, 7) is 1.67. The summed E-state index contributed by atoms with van der Waals surface area (Å²) in [5, 5.41) is 8.70. The SMILES string of the molecule is Cc1ccc(OCC2=CC(C(=O)O)=NS2(=O)=O)cc1. The van der Waals surface area contributed by atoms with Crippen LogP contribution in [0.25, 0.3) is 0 Å². The van der Waals surface area contributed by atoms with Crippen molar-refractivity contribution < 1.29 is 23.1 Å². The minimum absolute atomic E-state index is 0.162. The molecule has 19 heavy (non-hydrogen) atoms. The predicted molar refractivity (Wildman–Crippen MR) is 68.7 cm³/mol. The summed E-state index contributed by atoms with van der Waals surface area (Å²) >= 11 is 0. The highest BCUT2D eigenvalue weighted by Gasteiger charge is 2.28. The molecule has 0 fully saturated rings. The monoisotopic (exact) mass is 281 g/mol. The molecule has 0 aliphatic carbocycles. The van der Waals surface area contributed by atoms with E-state index >= 15 is 0 Å². The fourth-order valence-corrected chi connectivity index (χ4v) is 2.42. The minimum atomic E-state index is -3.92. The highest BCUT2D eigenvalue weighted by molar-refractivity contribution is 7.94. The van der Waals surface area contributed by atoms with E-state index in [1.165, 1.54) is 0 Å². The number of aryl methyl sites for hydroxylation is 1. The molecule has 0 saturated heterocycles. The van der Waals surface area contributed by atoms with Gasteiger partial charge in [0.2, 0.25) is 0 Å². The number of hydrogen-bond acceptors (Lipinski definition) is 4. The zero-order valence-corrected chi connectivity index (χ0v) is 10.8. The van der Waals surface area contributed by atoms with Crippen LogP contribution < -0.4 is 4.74 Å². The van der Waals surface area contributed by atoms with Crippen LogP contribution in [0.5, 0.6) is 5.75 Å². The van der Waals surface area contributed by atoms with Gasteiger partial charge in [-0.2, -0.15) is 12.8 Å². The molecule has 1 aromatic carbocycles. The molecule has 0 spiro atoms. The lowest BCUT2D eigenvalue weighted by atomic mass is 10.2. The van der Waals surface area contributed by atoms with Crippen molar-refractivity contribution >= 4 is 21.7 Å². The van der Waals surface area contributed by atoms with Gasteiger partial charge in [0.1, 0.15) is 17.3 Å². The number of nitrogens with zero attached hydrogens (tertiary/aromatic N) is 1. The molecule has 1 aromatic rings. The molecule has 1 N–H and O–H groups in total. The fraction of sp³-hybridized carbons (Fsp3) is 0.167. The molecule has 1 aliphatic heterocycles. The van der Waals surface area contributed by atoms with Crippen LogP contribution >= 0.6 is 0 Å². The molecule has 0 saturated carbocycles. The number of hydrogen-bond donors (Lipinski definition) is 1. The van der Waals surface area contributed by atoms with Crippen molar-refractivity contribution in [1.82, 2.24) is 0 Å². The van der Waals surface area contributed by atoms with Crippen LogP contribution in [-0.4, -0.2) is 31.8 Å². The van der Waals surface area contributed by atoms with E-state index in [0.29, 0.717) is 5.75 Å². The second-order valence-electron chi connectivity index (χ2n) is 3.97. The molecule has 7 heteroatoms. The Labute approximate surface area is 110 Å². The number of carboxylic acid groups (broad SMARTS) is 1. The molecule has 0 unspecified atom stereocenters. The van der Waals surface area contributed by atoms with Gasteiger partial charge in [0.25, 0.3) is 10.0 Å². The molecule has 1 aliphatic rings. The Morgan fingerprint density at radius 3 is 2.47 bits per heavy atom. The Morgan fingerprint density at radius 1 is 1.32 bits per heavy atom. The quantitative estimate of drug-likeness (QED) is 0.892. The van der Waals surface area contributed by atoms with Crippen LogP contribution in [0.2, 0.25) is 0 Å². The molecule has 0 aromatic heterocycles. The maximum absolute atomic E-state index is 11.6. The van der Waals surface area contributed by atoms with Crippen molar-refractivity contribution in [3.8, 4) is 5.75 Å². The summed E-state index contributed by atoms with van der Waals surface area (Å²) in [6, 6.07) is 7.06. The first kappa shape index (κ1) is 13.3. The Balaban J connectivity index is 2.11. The van der Waals surface area contributed by atoms with Crippen molar-refractivity contribution in [3.05, 3.63) is 40.8 Å². The van der Waals surface area contributed by atoms with Gasteiger partial charge in [-0.1, -0.05) is 17.7 Å². The number of aliphatic carboxylic acids is 1. The number of benzene rings is 1. The van der Waals surface area contributed by atoms with Gasteiger partial charge in [-0.3, -0.25) is 0 Å². The maximum Gasteiger partial charge on any atom is 0.355 e. The first-order chi connectivity index (χ1) is 8.88. The molecule has 0 amide bonds. The topological polar surface area (TPSA) is 93.0 Å². The first-order valence-corrected chi connectivity index (χ1v) is 6.81. The highest BCUT2D eigenvalue weighted by Crippen LogP contribution is 2.19. The Hall–Kier alpha value is -2.15. The number of carbonyl (C=O) groups is 1. The third-order valence-electron chi connectivity index (χ3n) is 2.47. The van der Waals surface area contributed by atoms with Crippen molar-refractivity contribution in [1.29, 1.82) is 0 Å². The van der Waals surface area contributed by atoms with E-state index < -0.39 is 21.7 Å². The van der Waals surface area contributed by atoms with Gasteiger partial charge in [0.05, 0.1) is 0 Å². The summed E-state index contributed by atoms with van der Waals surface area (Å²) in [4.78, 5) is 10.5.